The van der Waals surface area contributed by atoms with Gasteiger partial charge in [-0.2, -0.15) is 0 Å². The molecule has 0 aliphatic rings. The lowest BCUT2D eigenvalue weighted by Gasteiger charge is -1.90. The summed E-state index contributed by atoms with van der Waals surface area (Å²) in [5.74, 6) is 1.67. The summed E-state index contributed by atoms with van der Waals surface area (Å²) in [6.45, 7) is 0. The first kappa shape index (κ1) is 7.36. The molecule has 0 bridgehead atoms. The highest BCUT2D eigenvalue weighted by molar-refractivity contribution is 5.59. The number of benzene rings is 1. The molecule has 2 heteroatoms. The maximum absolute atomic E-state index is 9.73. The van der Waals surface area contributed by atoms with Gasteiger partial charge in [0.1, 0.15) is 5.75 Å². The Bertz CT molecular complexity index is 329. The molecule has 0 saturated carbocycles. The second-order valence-corrected chi connectivity index (χ2v) is 1.99. The van der Waals surface area contributed by atoms with Crippen molar-refractivity contribution in [2.24, 2.45) is 0 Å². The lowest BCUT2D eigenvalue weighted by molar-refractivity contribution is 0.475. The first-order valence-corrected chi connectivity index (χ1v) is 3.08. The fraction of sp³-hybridized carbons (Fsp3) is 0. The fourth-order valence-corrected chi connectivity index (χ4v) is 0.727. The van der Waals surface area contributed by atoms with E-state index >= 15 is 0 Å². The molecule has 1 N–H and O–H groups in total. The average molecular weight is 146 g/mol. The Labute approximate surface area is 64.1 Å². The zero-order valence-corrected chi connectivity index (χ0v) is 5.74. The van der Waals surface area contributed by atoms with E-state index in [9.17, 15) is 4.79 Å². The maximum Gasteiger partial charge on any atom is 0.177 e. The molecule has 2 nitrogen and oxygen atoms in total. The van der Waals surface area contributed by atoms with Crippen LogP contribution in [0.3, 0.4) is 0 Å². The highest BCUT2D eigenvalue weighted by Crippen LogP contribution is 2.10. The molecule has 1 rings (SSSR count). The van der Waals surface area contributed by atoms with Gasteiger partial charge < -0.3 is 5.11 Å². The molecule has 0 saturated heterocycles. The number of phenolic OH excluding ortho intramolecular Hbond substituents is 1. The third-order valence-electron chi connectivity index (χ3n) is 1.17. The number of hydrogen-bond donors (Lipinski definition) is 1. The molecule has 0 aliphatic heterocycles. The van der Waals surface area contributed by atoms with Gasteiger partial charge in [-0.3, -0.25) is 0 Å². The summed E-state index contributed by atoms with van der Waals surface area (Å²) >= 11 is 0. The predicted molar refractivity (Wildman–Crippen MR) is 41.8 cm³/mol. The molecule has 11 heavy (non-hydrogen) atoms. The van der Waals surface area contributed by atoms with E-state index in [4.69, 9.17) is 5.11 Å². The van der Waals surface area contributed by atoms with E-state index in [0.29, 0.717) is 0 Å². The quantitative estimate of drug-likeness (QED) is 0.480. The lowest BCUT2D eigenvalue weighted by Crippen LogP contribution is -1.68. The molecule has 0 spiro atoms. The van der Waals surface area contributed by atoms with Crippen LogP contribution in [0.2, 0.25) is 0 Å². The minimum absolute atomic E-state index is 0.173. The van der Waals surface area contributed by atoms with Crippen LogP contribution in [0, 0.1) is 0 Å². The van der Waals surface area contributed by atoms with Crippen LogP contribution < -0.4 is 0 Å². The highest BCUT2D eigenvalue weighted by Gasteiger charge is 1.86. The van der Waals surface area contributed by atoms with E-state index in [-0.39, 0.29) is 5.75 Å². The Morgan fingerprint density at radius 1 is 1.45 bits per heavy atom. The molecule has 0 atom stereocenters. The van der Waals surface area contributed by atoms with E-state index in [0.717, 1.165) is 5.56 Å². The van der Waals surface area contributed by atoms with Crippen molar-refractivity contribution in [3.8, 4) is 5.75 Å². The number of aromatic hydroxyl groups is 1. The van der Waals surface area contributed by atoms with Gasteiger partial charge in [-0.1, -0.05) is 12.1 Å². The summed E-state index contributed by atoms with van der Waals surface area (Å²) in [6, 6.07) is 6.53. The van der Waals surface area contributed by atoms with Gasteiger partial charge in [-0.05, 0) is 29.5 Å². The Hall–Kier alpha value is -1.75. The van der Waals surface area contributed by atoms with Gasteiger partial charge in [0.2, 0.25) is 0 Å². The van der Waals surface area contributed by atoms with Crippen molar-refractivity contribution in [1.29, 1.82) is 0 Å². The van der Waals surface area contributed by atoms with Crippen LogP contribution in [0.5, 0.6) is 5.75 Å². The number of phenols is 1. The SMILES string of the molecule is O=C=C=Cc1cccc(O)c1. The summed E-state index contributed by atoms with van der Waals surface area (Å²) in [7, 11) is 0. The van der Waals surface area contributed by atoms with Crippen LogP contribution in [0.15, 0.2) is 30.0 Å². The van der Waals surface area contributed by atoms with Gasteiger partial charge in [0, 0.05) is 0 Å². The van der Waals surface area contributed by atoms with Crippen molar-refractivity contribution < 1.29 is 9.90 Å². The van der Waals surface area contributed by atoms with E-state index in [1.54, 1.807) is 18.2 Å². The second kappa shape index (κ2) is 3.43. The van der Waals surface area contributed by atoms with Crippen LogP contribution in [0.4, 0.5) is 0 Å². The van der Waals surface area contributed by atoms with Crippen molar-refractivity contribution >= 4 is 12.0 Å². The average Bonchev–Trinajstić information content (AvgIpc) is 2.01. The molecule has 0 amide bonds. The Kier molecular flexibility index (Phi) is 2.29. The van der Waals surface area contributed by atoms with E-state index in [2.05, 4.69) is 5.73 Å². The molecule has 1 aromatic rings. The Morgan fingerprint density at radius 3 is 2.91 bits per heavy atom. The molecule has 0 aromatic heterocycles. The van der Waals surface area contributed by atoms with Crippen LogP contribution in [-0.2, 0) is 4.79 Å². The number of carbonyl (C=O) groups excluding carboxylic acids is 1. The molecular formula is C9H6O2. The minimum atomic E-state index is 0.173. The zero-order valence-electron chi connectivity index (χ0n) is 5.74. The molecule has 1 aromatic carbocycles. The molecule has 0 unspecified atom stereocenters. The first-order valence-electron chi connectivity index (χ1n) is 3.08. The van der Waals surface area contributed by atoms with Gasteiger partial charge in [0.15, 0.2) is 5.94 Å². The van der Waals surface area contributed by atoms with Crippen LogP contribution in [0.1, 0.15) is 5.56 Å². The van der Waals surface area contributed by atoms with Crippen molar-refractivity contribution in [2.75, 3.05) is 0 Å². The molecule has 0 radical (unpaired) electrons. The summed E-state index contributed by atoms with van der Waals surface area (Å²) in [5, 5.41) is 8.97. The minimum Gasteiger partial charge on any atom is -0.508 e. The Balaban J connectivity index is 3.06. The van der Waals surface area contributed by atoms with E-state index < -0.39 is 0 Å². The largest absolute Gasteiger partial charge is 0.508 e. The molecule has 54 valence electrons. The highest BCUT2D eigenvalue weighted by atomic mass is 16.3. The van der Waals surface area contributed by atoms with Gasteiger partial charge in [-0.25, -0.2) is 4.79 Å². The number of hydrogen-bond acceptors (Lipinski definition) is 2. The molecular weight excluding hydrogens is 140 g/mol. The monoisotopic (exact) mass is 146 g/mol. The number of rotatable bonds is 1. The normalized spacial score (nSPS) is 8.00. The third-order valence-corrected chi connectivity index (χ3v) is 1.17. The maximum atomic E-state index is 9.73. The zero-order chi connectivity index (χ0) is 8.10. The van der Waals surface area contributed by atoms with Crippen LogP contribution in [-0.4, -0.2) is 11.0 Å². The van der Waals surface area contributed by atoms with Gasteiger partial charge in [0.25, 0.3) is 0 Å². The van der Waals surface area contributed by atoms with Crippen LogP contribution >= 0.6 is 0 Å². The van der Waals surface area contributed by atoms with E-state index in [1.165, 1.54) is 18.1 Å². The fourth-order valence-electron chi connectivity index (χ4n) is 0.727. The van der Waals surface area contributed by atoms with E-state index in [1.807, 2.05) is 0 Å². The van der Waals surface area contributed by atoms with Gasteiger partial charge in [-0.15, -0.1) is 0 Å². The van der Waals surface area contributed by atoms with Gasteiger partial charge in [0.05, 0.1) is 0 Å². The van der Waals surface area contributed by atoms with Crippen LogP contribution in [0.25, 0.3) is 6.08 Å². The molecule has 0 aliphatic carbocycles. The van der Waals surface area contributed by atoms with Crippen molar-refractivity contribution in [3.63, 3.8) is 0 Å². The summed E-state index contributed by atoms with van der Waals surface area (Å²) in [6.07, 6.45) is 1.45. The van der Waals surface area contributed by atoms with Gasteiger partial charge >= 0.3 is 0 Å². The summed E-state index contributed by atoms with van der Waals surface area (Å²) < 4.78 is 0. The Morgan fingerprint density at radius 2 is 2.27 bits per heavy atom. The smallest absolute Gasteiger partial charge is 0.177 e. The standard InChI is InChI=1S/C9H6O2/c10-6-2-4-8-3-1-5-9(11)7-8/h1,3-5,7,11H. The summed E-state index contributed by atoms with van der Waals surface area (Å²) in [5.41, 5.74) is 2.98. The van der Waals surface area contributed by atoms with Crippen molar-refractivity contribution in [2.45, 2.75) is 0 Å². The first-order chi connectivity index (χ1) is 5.33. The van der Waals surface area contributed by atoms with Crippen molar-refractivity contribution in [1.82, 2.24) is 0 Å². The lowest BCUT2D eigenvalue weighted by atomic mass is 10.2. The third kappa shape index (κ3) is 2.15. The van der Waals surface area contributed by atoms with Crippen molar-refractivity contribution in [3.05, 3.63) is 35.6 Å². The second-order valence-electron chi connectivity index (χ2n) is 1.99. The molecule has 0 heterocycles. The summed E-state index contributed by atoms with van der Waals surface area (Å²) in [4.78, 5) is 9.73. The predicted octanol–water partition coefficient (Wildman–Crippen LogP) is 1.39. The molecule has 0 fully saturated rings. The topological polar surface area (TPSA) is 37.3 Å².